The van der Waals surface area contributed by atoms with Gasteiger partial charge < -0.3 is 13.9 Å². The Morgan fingerprint density at radius 1 is 1.31 bits per heavy atom. The average molecular weight is 381 g/mol. The first kappa shape index (κ1) is 19.4. The van der Waals surface area contributed by atoms with E-state index in [0.29, 0.717) is 5.56 Å². The molecule has 2 saturated heterocycles. The van der Waals surface area contributed by atoms with Gasteiger partial charge in [-0.1, -0.05) is 27.7 Å². The maximum atomic E-state index is 11.4. The topological polar surface area (TPSA) is 87.0 Å². The summed E-state index contributed by atoms with van der Waals surface area (Å²) in [5.74, 6) is -0.824. The van der Waals surface area contributed by atoms with E-state index in [2.05, 4.69) is 25.8 Å². The van der Waals surface area contributed by atoms with Gasteiger partial charge in [0.05, 0.1) is 22.7 Å². The molecule has 0 saturated carbocycles. The van der Waals surface area contributed by atoms with E-state index >= 15 is 0 Å². The van der Waals surface area contributed by atoms with Gasteiger partial charge >= 0.3 is 0 Å². The number of hydrogen-bond acceptors (Lipinski definition) is 6. The number of aromatic nitrogens is 1. The predicted octanol–water partition coefficient (Wildman–Crippen LogP) is 4.20. The lowest BCUT2D eigenvalue weighted by atomic mass is 9.86. The highest BCUT2D eigenvalue weighted by Gasteiger charge is 2.71. The van der Waals surface area contributed by atoms with E-state index in [0.717, 1.165) is 18.1 Å². The van der Waals surface area contributed by atoms with Crippen LogP contribution in [0, 0.1) is 16.0 Å². The molecule has 3 rings (SSSR count). The van der Waals surface area contributed by atoms with E-state index in [1.165, 1.54) is 6.20 Å². The molecule has 2 aliphatic rings. The van der Waals surface area contributed by atoms with Crippen molar-refractivity contribution >= 4 is 14.0 Å². The Morgan fingerprint density at radius 2 is 1.96 bits per heavy atom. The molecule has 0 amide bonds. The lowest BCUT2D eigenvalue weighted by molar-refractivity contribution is -0.386. The first-order valence-electron chi connectivity index (χ1n) is 9.45. The molecule has 0 spiro atoms. The van der Waals surface area contributed by atoms with Gasteiger partial charge in [0.15, 0.2) is 14.1 Å². The summed E-state index contributed by atoms with van der Waals surface area (Å²) >= 11 is 0. The molecule has 26 heavy (non-hydrogen) atoms. The number of nitrogens with zero attached hydrogens (tertiary/aromatic N) is 2. The van der Waals surface area contributed by atoms with Crippen LogP contribution in [0.5, 0.6) is 0 Å². The third-order valence-electron chi connectivity index (χ3n) is 6.17. The molecule has 8 heteroatoms. The third kappa shape index (κ3) is 2.98. The number of epoxide rings is 1. The van der Waals surface area contributed by atoms with Crippen molar-refractivity contribution in [3.63, 3.8) is 0 Å². The summed E-state index contributed by atoms with van der Waals surface area (Å²) in [6, 6.07) is 4.76. The van der Waals surface area contributed by atoms with Crippen molar-refractivity contribution in [2.75, 3.05) is 0 Å². The van der Waals surface area contributed by atoms with Crippen molar-refractivity contribution in [2.24, 2.45) is 5.92 Å². The summed E-state index contributed by atoms with van der Waals surface area (Å²) in [5, 5.41) is 11.4. The van der Waals surface area contributed by atoms with Crippen molar-refractivity contribution in [3.8, 4) is 0 Å². The molecule has 0 radical (unpaired) electrons. The van der Waals surface area contributed by atoms with Gasteiger partial charge in [-0.15, -0.1) is 0 Å². The fourth-order valence-electron chi connectivity index (χ4n) is 4.20. The van der Waals surface area contributed by atoms with Crippen LogP contribution < -0.4 is 0 Å². The summed E-state index contributed by atoms with van der Waals surface area (Å²) in [4.78, 5) is 14.9. The lowest BCUT2D eigenvalue weighted by Crippen LogP contribution is -2.50. The summed E-state index contributed by atoms with van der Waals surface area (Å²) in [7, 11) is -1.90. The van der Waals surface area contributed by atoms with Crippen molar-refractivity contribution in [3.05, 3.63) is 34.1 Å². The second-order valence-corrected chi connectivity index (χ2v) is 12.0. The number of rotatable bonds is 7. The van der Waals surface area contributed by atoms with Crippen LogP contribution in [0.4, 0.5) is 5.69 Å². The normalized spacial score (nSPS) is 33.6. The standard InChI is InChI=1S/C18H28N2O5Si/c1-6-26(7-2,8-3)25-18-12(4)16(23-13(5)17(18)24-18)14-9-10-19-11-15(14)20(21)22/h9-13,16-17H,6-8H2,1-5H3/t12-,13-,16-,17-,18-/m1/s1. The maximum Gasteiger partial charge on any atom is 0.293 e. The zero-order valence-corrected chi connectivity index (χ0v) is 17.1. The molecule has 0 aliphatic carbocycles. The van der Waals surface area contributed by atoms with Gasteiger partial charge in [-0.3, -0.25) is 15.1 Å². The van der Waals surface area contributed by atoms with Crippen LogP contribution >= 0.6 is 0 Å². The summed E-state index contributed by atoms with van der Waals surface area (Å²) in [5.41, 5.74) is 0.522. The van der Waals surface area contributed by atoms with Crippen molar-refractivity contribution in [2.45, 2.75) is 76.8 Å². The minimum absolute atomic E-state index is 0.0178. The van der Waals surface area contributed by atoms with Gasteiger partial charge in [0.2, 0.25) is 0 Å². The Morgan fingerprint density at radius 3 is 2.54 bits per heavy atom. The Balaban J connectivity index is 1.96. The highest BCUT2D eigenvalue weighted by Crippen LogP contribution is 2.58. The zero-order valence-electron chi connectivity index (χ0n) is 16.1. The molecule has 0 N–H and O–H groups in total. The van der Waals surface area contributed by atoms with Gasteiger partial charge in [0.25, 0.3) is 5.69 Å². The smallest absolute Gasteiger partial charge is 0.293 e. The van der Waals surface area contributed by atoms with Gasteiger partial charge in [-0.05, 0) is 31.1 Å². The number of hydrogen-bond donors (Lipinski definition) is 0. The van der Waals surface area contributed by atoms with Crippen molar-refractivity contribution < 1.29 is 18.8 Å². The van der Waals surface area contributed by atoms with E-state index in [9.17, 15) is 10.1 Å². The lowest BCUT2D eigenvalue weighted by Gasteiger charge is -2.40. The van der Waals surface area contributed by atoms with Crippen LogP contribution in [0.2, 0.25) is 18.1 Å². The summed E-state index contributed by atoms with van der Waals surface area (Å²) < 4.78 is 19.0. The first-order valence-corrected chi connectivity index (χ1v) is 12.0. The van der Waals surface area contributed by atoms with E-state index in [1.807, 2.05) is 13.8 Å². The second-order valence-electron chi connectivity index (χ2n) is 7.35. The SMILES string of the molecule is CC[Si](CC)(CC)O[C@@]12O[C@@H]1[C@@H](C)O[C@@H](c1ccncc1[N+](=O)[O-])[C@H]2C. The van der Waals surface area contributed by atoms with Crippen LogP contribution in [0.15, 0.2) is 18.5 Å². The number of pyridine rings is 1. The van der Waals surface area contributed by atoms with Crippen LogP contribution in [-0.4, -0.2) is 36.2 Å². The predicted molar refractivity (Wildman–Crippen MR) is 99.2 cm³/mol. The minimum atomic E-state index is -1.90. The quantitative estimate of drug-likeness (QED) is 0.305. The Kier molecular flexibility index (Phi) is 5.22. The Labute approximate surface area is 155 Å². The Bertz CT molecular complexity index is 675. The van der Waals surface area contributed by atoms with Crippen LogP contribution in [-0.2, 0) is 13.9 Å². The number of ether oxygens (including phenoxy) is 2. The first-order chi connectivity index (χ1) is 12.3. The van der Waals surface area contributed by atoms with E-state index in [1.54, 1.807) is 12.3 Å². The van der Waals surface area contributed by atoms with Crippen LogP contribution in [0.1, 0.15) is 46.3 Å². The number of fused-ring (bicyclic) bond motifs is 1. The van der Waals surface area contributed by atoms with Gasteiger partial charge in [0.1, 0.15) is 12.3 Å². The fourth-order valence-corrected chi connectivity index (χ4v) is 7.16. The molecule has 1 aromatic rings. The molecule has 144 valence electrons. The van der Waals surface area contributed by atoms with Crippen LogP contribution in [0.3, 0.4) is 0 Å². The molecule has 2 fully saturated rings. The molecule has 3 heterocycles. The van der Waals surface area contributed by atoms with Gasteiger partial charge in [0, 0.05) is 12.1 Å². The molecule has 0 bridgehead atoms. The van der Waals surface area contributed by atoms with E-state index < -0.39 is 25.1 Å². The Hall–Kier alpha value is -1.35. The second kappa shape index (κ2) is 6.99. The van der Waals surface area contributed by atoms with Crippen molar-refractivity contribution in [1.82, 2.24) is 4.98 Å². The number of nitro groups is 1. The minimum Gasteiger partial charge on any atom is -0.388 e. The van der Waals surface area contributed by atoms with Gasteiger partial charge in [-0.25, -0.2) is 0 Å². The fraction of sp³-hybridized carbons (Fsp3) is 0.722. The highest BCUT2D eigenvalue weighted by molar-refractivity contribution is 6.73. The molecule has 0 aromatic carbocycles. The molecule has 2 aliphatic heterocycles. The van der Waals surface area contributed by atoms with Crippen LogP contribution in [0.25, 0.3) is 0 Å². The zero-order chi connectivity index (χ0) is 19.1. The monoisotopic (exact) mass is 380 g/mol. The molecular formula is C18H28N2O5Si. The molecule has 0 unspecified atom stereocenters. The third-order valence-corrected chi connectivity index (χ3v) is 10.8. The molecular weight excluding hydrogens is 352 g/mol. The van der Waals surface area contributed by atoms with E-state index in [-0.39, 0.29) is 23.8 Å². The largest absolute Gasteiger partial charge is 0.388 e. The van der Waals surface area contributed by atoms with E-state index in [4.69, 9.17) is 13.9 Å². The molecule has 7 nitrogen and oxygen atoms in total. The van der Waals surface area contributed by atoms with Gasteiger partial charge in [-0.2, -0.15) is 0 Å². The molecule has 5 atom stereocenters. The molecule has 1 aromatic heterocycles. The summed E-state index contributed by atoms with van der Waals surface area (Å²) in [6.07, 6.45) is 2.11. The average Bonchev–Trinajstić information content (AvgIpc) is 3.39. The van der Waals surface area contributed by atoms with Crippen molar-refractivity contribution in [1.29, 1.82) is 0 Å². The maximum absolute atomic E-state index is 11.4. The summed E-state index contributed by atoms with van der Waals surface area (Å²) in [6.45, 7) is 10.5. The highest BCUT2D eigenvalue weighted by atomic mass is 28.4.